The van der Waals surface area contributed by atoms with Gasteiger partial charge in [0.25, 0.3) is 0 Å². The van der Waals surface area contributed by atoms with E-state index in [0.29, 0.717) is 6.61 Å². The van der Waals surface area contributed by atoms with Gasteiger partial charge in [0.1, 0.15) is 0 Å². The van der Waals surface area contributed by atoms with Gasteiger partial charge >= 0.3 is 0 Å². The molecule has 0 spiro atoms. The maximum Gasteiger partial charge on any atom is 0.0873 e. The van der Waals surface area contributed by atoms with Crippen LogP contribution in [0.25, 0.3) is 0 Å². The number of ether oxygens (including phenoxy) is 1. The summed E-state index contributed by atoms with van der Waals surface area (Å²) in [5, 5.41) is 14.4. The van der Waals surface area contributed by atoms with E-state index in [9.17, 15) is 5.11 Å². The van der Waals surface area contributed by atoms with Crippen LogP contribution in [0, 0.1) is 12.8 Å². The molecule has 2 unspecified atom stereocenters. The summed E-state index contributed by atoms with van der Waals surface area (Å²) in [7, 11) is 1.88. The Balaban J connectivity index is 2.12. The number of aliphatic hydroxyl groups is 1. The van der Waals surface area contributed by atoms with Gasteiger partial charge in [0.15, 0.2) is 0 Å². The molecule has 15 heavy (non-hydrogen) atoms. The topological polar surface area (TPSA) is 47.3 Å². The van der Waals surface area contributed by atoms with E-state index in [-0.39, 0.29) is 5.92 Å². The fraction of sp³-hybridized carbons (Fsp3) is 0.727. The summed E-state index contributed by atoms with van der Waals surface area (Å²) in [5.74, 6) is 0.224. The molecule has 2 atom stereocenters. The molecule has 1 aliphatic rings. The van der Waals surface area contributed by atoms with E-state index in [1.54, 1.807) is 4.68 Å². The first-order valence-electron chi connectivity index (χ1n) is 5.44. The molecule has 1 saturated heterocycles. The van der Waals surface area contributed by atoms with Crippen LogP contribution in [0.4, 0.5) is 0 Å². The smallest absolute Gasteiger partial charge is 0.0873 e. The quantitative estimate of drug-likeness (QED) is 0.797. The number of aliphatic hydroxyl groups excluding tert-OH is 1. The fourth-order valence-corrected chi connectivity index (χ4v) is 2.18. The van der Waals surface area contributed by atoms with Gasteiger partial charge in [0.05, 0.1) is 18.4 Å². The molecule has 2 heterocycles. The highest BCUT2D eigenvalue weighted by molar-refractivity contribution is 5.19. The number of aromatic nitrogens is 2. The average molecular weight is 210 g/mol. The van der Waals surface area contributed by atoms with Crippen molar-refractivity contribution in [3.05, 3.63) is 17.5 Å². The van der Waals surface area contributed by atoms with Crippen LogP contribution in [0.5, 0.6) is 0 Å². The van der Waals surface area contributed by atoms with Crippen LogP contribution in [0.15, 0.2) is 6.20 Å². The first-order valence-corrected chi connectivity index (χ1v) is 5.44. The lowest BCUT2D eigenvalue weighted by Crippen LogP contribution is -2.23. The Morgan fingerprint density at radius 3 is 3.00 bits per heavy atom. The Bertz CT molecular complexity index is 329. The van der Waals surface area contributed by atoms with Crippen LogP contribution in [0.1, 0.15) is 30.2 Å². The minimum Gasteiger partial charge on any atom is -0.388 e. The summed E-state index contributed by atoms with van der Waals surface area (Å²) < 4.78 is 7.13. The monoisotopic (exact) mass is 210 g/mol. The van der Waals surface area contributed by atoms with Gasteiger partial charge in [0, 0.05) is 31.3 Å². The second-order valence-corrected chi connectivity index (χ2v) is 4.27. The molecular formula is C11H18N2O2. The van der Waals surface area contributed by atoms with E-state index < -0.39 is 6.10 Å². The molecule has 2 rings (SSSR count). The lowest BCUT2D eigenvalue weighted by atomic mass is 9.91. The van der Waals surface area contributed by atoms with Gasteiger partial charge in [0.2, 0.25) is 0 Å². The summed E-state index contributed by atoms with van der Waals surface area (Å²) in [6.45, 7) is 3.42. The van der Waals surface area contributed by atoms with Crippen LogP contribution in [-0.4, -0.2) is 28.1 Å². The van der Waals surface area contributed by atoms with Crippen LogP contribution < -0.4 is 0 Å². The van der Waals surface area contributed by atoms with Gasteiger partial charge in [-0.3, -0.25) is 4.68 Å². The van der Waals surface area contributed by atoms with Crippen molar-refractivity contribution in [3.8, 4) is 0 Å². The standard InChI is InChI=1S/C11H18N2O2/c1-8-10(6-13(2)12-8)11(14)9-4-3-5-15-7-9/h6,9,11,14H,3-5,7H2,1-2H3. The van der Waals surface area contributed by atoms with Crippen molar-refractivity contribution in [3.63, 3.8) is 0 Å². The third-order valence-electron chi connectivity index (χ3n) is 3.01. The summed E-state index contributed by atoms with van der Waals surface area (Å²) in [4.78, 5) is 0. The van der Waals surface area contributed by atoms with Crippen molar-refractivity contribution >= 4 is 0 Å². The molecule has 0 radical (unpaired) electrons. The maximum atomic E-state index is 10.2. The molecule has 4 nitrogen and oxygen atoms in total. The number of aryl methyl sites for hydroxylation is 2. The summed E-state index contributed by atoms with van der Waals surface area (Å²) in [5.41, 5.74) is 1.85. The third kappa shape index (κ3) is 2.21. The number of nitrogens with zero attached hydrogens (tertiary/aromatic N) is 2. The molecule has 1 fully saturated rings. The minimum absolute atomic E-state index is 0.224. The highest BCUT2D eigenvalue weighted by Gasteiger charge is 2.25. The largest absolute Gasteiger partial charge is 0.388 e. The van der Waals surface area contributed by atoms with Gasteiger partial charge in [-0.15, -0.1) is 0 Å². The van der Waals surface area contributed by atoms with Crippen molar-refractivity contribution in [2.45, 2.75) is 25.9 Å². The van der Waals surface area contributed by atoms with Crippen molar-refractivity contribution in [2.75, 3.05) is 13.2 Å². The fourth-order valence-electron chi connectivity index (χ4n) is 2.18. The van der Waals surface area contributed by atoms with Crippen LogP contribution in [-0.2, 0) is 11.8 Å². The van der Waals surface area contributed by atoms with Crippen molar-refractivity contribution in [1.82, 2.24) is 9.78 Å². The molecule has 84 valence electrons. The zero-order chi connectivity index (χ0) is 10.8. The molecule has 0 amide bonds. The summed E-state index contributed by atoms with van der Waals surface area (Å²) in [6, 6.07) is 0. The van der Waals surface area contributed by atoms with E-state index in [1.807, 2.05) is 20.2 Å². The van der Waals surface area contributed by atoms with E-state index in [4.69, 9.17) is 4.74 Å². The second-order valence-electron chi connectivity index (χ2n) is 4.27. The predicted octanol–water partition coefficient (Wildman–Crippen LogP) is 1.19. The highest BCUT2D eigenvalue weighted by atomic mass is 16.5. The summed E-state index contributed by atoms with van der Waals surface area (Å²) >= 11 is 0. The predicted molar refractivity (Wildman–Crippen MR) is 56.4 cm³/mol. The van der Waals surface area contributed by atoms with Crippen molar-refractivity contribution in [2.24, 2.45) is 13.0 Å². The highest BCUT2D eigenvalue weighted by Crippen LogP contribution is 2.29. The third-order valence-corrected chi connectivity index (χ3v) is 3.01. The van der Waals surface area contributed by atoms with Gasteiger partial charge < -0.3 is 9.84 Å². The van der Waals surface area contributed by atoms with E-state index in [2.05, 4.69) is 5.10 Å². The lowest BCUT2D eigenvalue weighted by molar-refractivity contribution is -0.0102. The summed E-state index contributed by atoms with van der Waals surface area (Å²) in [6.07, 6.45) is 3.55. The molecule has 1 aromatic heterocycles. The van der Waals surface area contributed by atoms with Crippen LogP contribution in [0.2, 0.25) is 0 Å². The van der Waals surface area contributed by atoms with E-state index >= 15 is 0 Å². The molecule has 4 heteroatoms. The first kappa shape index (κ1) is 10.6. The second kappa shape index (κ2) is 4.33. The number of rotatable bonds is 2. The lowest BCUT2D eigenvalue weighted by Gasteiger charge is -2.26. The van der Waals surface area contributed by atoms with Gasteiger partial charge in [-0.2, -0.15) is 5.10 Å². The molecular weight excluding hydrogens is 192 g/mol. The Morgan fingerprint density at radius 2 is 2.47 bits per heavy atom. The normalized spacial score (nSPS) is 24.1. The first-order chi connectivity index (χ1) is 7.18. The Kier molecular flexibility index (Phi) is 3.07. The molecule has 1 N–H and O–H groups in total. The number of hydrogen-bond donors (Lipinski definition) is 1. The van der Waals surface area contributed by atoms with Crippen molar-refractivity contribution < 1.29 is 9.84 Å². The Labute approximate surface area is 89.9 Å². The van der Waals surface area contributed by atoms with E-state index in [0.717, 1.165) is 30.7 Å². The van der Waals surface area contributed by atoms with E-state index in [1.165, 1.54) is 0 Å². The SMILES string of the molecule is Cc1nn(C)cc1C(O)C1CCCOC1. The minimum atomic E-state index is -0.431. The zero-order valence-electron chi connectivity index (χ0n) is 9.31. The Hall–Kier alpha value is -0.870. The van der Waals surface area contributed by atoms with Gasteiger partial charge in [-0.1, -0.05) is 0 Å². The maximum absolute atomic E-state index is 10.2. The Morgan fingerprint density at radius 1 is 1.67 bits per heavy atom. The number of hydrogen-bond acceptors (Lipinski definition) is 3. The molecule has 1 aliphatic heterocycles. The molecule has 1 aromatic rings. The average Bonchev–Trinajstić information content (AvgIpc) is 2.58. The molecule has 0 aliphatic carbocycles. The van der Waals surface area contributed by atoms with Crippen LogP contribution in [0.3, 0.4) is 0 Å². The zero-order valence-corrected chi connectivity index (χ0v) is 9.31. The van der Waals surface area contributed by atoms with Gasteiger partial charge in [-0.25, -0.2) is 0 Å². The van der Waals surface area contributed by atoms with Gasteiger partial charge in [-0.05, 0) is 19.8 Å². The molecule has 0 aromatic carbocycles. The van der Waals surface area contributed by atoms with Crippen LogP contribution >= 0.6 is 0 Å². The molecule has 0 saturated carbocycles. The van der Waals surface area contributed by atoms with Crippen molar-refractivity contribution in [1.29, 1.82) is 0 Å². The molecule has 0 bridgehead atoms.